The van der Waals surface area contributed by atoms with Crippen molar-refractivity contribution >= 4 is 11.4 Å². The van der Waals surface area contributed by atoms with Crippen molar-refractivity contribution in [2.45, 2.75) is 52.6 Å². The summed E-state index contributed by atoms with van der Waals surface area (Å²) in [6.45, 7) is 7.15. The first-order valence-corrected chi connectivity index (χ1v) is 7.36. The summed E-state index contributed by atoms with van der Waals surface area (Å²) in [6.07, 6.45) is 0.259. The smallest absolute Gasteiger partial charge is 0.397 e. The summed E-state index contributed by atoms with van der Waals surface area (Å²) in [6, 6.07) is 3.44. The monoisotopic (exact) mass is 302 g/mol. The third-order valence-corrected chi connectivity index (χ3v) is 3.59. The molecule has 1 aromatic rings. The quantitative estimate of drug-likeness (QED) is 0.529. The van der Waals surface area contributed by atoms with Gasteiger partial charge in [-0.25, -0.2) is 0 Å². The Bertz CT molecular complexity index is 453. The zero-order valence-electron chi connectivity index (χ0n) is 13.0. The van der Waals surface area contributed by atoms with Crippen molar-refractivity contribution in [3.63, 3.8) is 0 Å². The van der Waals surface area contributed by atoms with E-state index in [9.17, 15) is 13.2 Å². The highest BCUT2D eigenvalue weighted by Crippen LogP contribution is 2.33. The highest BCUT2D eigenvalue weighted by Gasteiger charge is 2.30. The second-order valence-corrected chi connectivity index (χ2v) is 6.27. The van der Waals surface area contributed by atoms with Crippen molar-refractivity contribution in [2.24, 2.45) is 5.41 Å². The summed E-state index contributed by atoms with van der Waals surface area (Å²) in [4.78, 5) is 0. The Hall–Kier alpha value is -1.39. The van der Waals surface area contributed by atoms with Gasteiger partial charge in [0.1, 0.15) is 0 Å². The molecule has 3 N–H and O–H groups in total. The number of nitrogens with one attached hydrogen (secondary N) is 1. The van der Waals surface area contributed by atoms with Gasteiger partial charge in [0.2, 0.25) is 0 Å². The van der Waals surface area contributed by atoms with Gasteiger partial charge in [0.25, 0.3) is 0 Å². The lowest BCUT2D eigenvalue weighted by Crippen LogP contribution is -2.23. The molecular formula is C16H25F3N2. The molecule has 0 fully saturated rings. The Morgan fingerprint density at radius 2 is 1.81 bits per heavy atom. The number of hydrogen-bond donors (Lipinski definition) is 2. The highest BCUT2D eigenvalue weighted by atomic mass is 19.4. The van der Waals surface area contributed by atoms with Gasteiger partial charge in [0, 0.05) is 6.54 Å². The summed E-state index contributed by atoms with van der Waals surface area (Å²) < 4.78 is 37.7. The lowest BCUT2D eigenvalue weighted by Gasteiger charge is -2.26. The van der Waals surface area contributed by atoms with E-state index >= 15 is 0 Å². The Kier molecular flexibility index (Phi) is 5.93. The number of anilines is 2. The van der Waals surface area contributed by atoms with Gasteiger partial charge in [0.05, 0.1) is 16.9 Å². The maximum Gasteiger partial charge on any atom is 0.416 e. The molecule has 120 valence electrons. The van der Waals surface area contributed by atoms with E-state index in [1.165, 1.54) is 18.9 Å². The summed E-state index contributed by atoms with van der Waals surface area (Å²) >= 11 is 0. The second-order valence-electron chi connectivity index (χ2n) is 6.27. The molecule has 0 atom stereocenters. The number of rotatable bonds is 7. The van der Waals surface area contributed by atoms with E-state index in [2.05, 4.69) is 26.1 Å². The van der Waals surface area contributed by atoms with E-state index < -0.39 is 11.7 Å². The number of alkyl halides is 3. The van der Waals surface area contributed by atoms with Crippen LogP contribution in [0, 0.1) is 5.41 Å². The van der Waals surface area contributed by atoms with Crippen LogP contribution < -0.4 is 11.1 Å². The van der Waals surface area contributed by atoms with Gasteiger partial charge in [-0.15, -0.1) is 0 Å². The molecular weight excluding hydrogens is 277 g/mol. The Balaban J connectivity index is 2.63. The molecule has 5 heteroatoms. The molecule has 1 rings (SSSR count). The standard InChI is InChI=1S/C16H25F3N2/c1-4-5-6-9-15(2,3)11-21-14-8-7-12(10-13(14)20)16(17,18)19/h7-8,10,21H,4-6,9,11,20H2,1-3H3. The van der Waals surface area contributed by atoms with Crippen molar-refractivity contribution in [1.29, 1.82) is 0 Å². The molecule has 0 aromatic heterocycles. The van der Waals surface area contributed by atoms with E-state index in [0.717, 1.165) is 25.0 Å². The van der Waals surface area contributed by atoms with E-state index in [4.69, 9.17) is 5.73 Å². The zero-order chi connectivity index (χ0) is 16.1. The maximum absolute atomic E-state index is 12.6. The van der Waals surface area contributed by atoms with Crippen molar-refractivity contribution in [3.8, 4) is 0 Å². The first-order chi connectivity index (χ1) is 9.65. The molecule has 21 heavy (non-hydrogen) atoms. The van der Waals surface area contributed by atoms with Gasteiger partial charge in [-0.1, -0.05) is 40.0 Å². The van der Waals surface area contributed by atoms with Crippen LogP contribution >= 0.6 is 0 Å². The van der Waals surface area contributed by atoms with Crippen LogP contribution in [0.4, 0.5) is 24.5 Å². The van der Waals surface area contributed by atoms with Crippen molar-refractivity contribution in [2.75, 3.05) is 17.6 Å². The van der Waals surface area contributed by atoms with Gasteiger partial charge in [0.15, 0.2) is 0 Å². The fourth-order valence-electron chi connectivity index (χ4n) is 2.18. The number of hydrogen-bond acceptors (Lipinski definition) is 2. The summed E-state index contributed by atoms with van der Waals surface area (Å²) in [5.41, 5.74) is 5.77. The molecule has 0 bridgehead atoms. The number of nitrogen functional groups attached to an aromatic ring is 1. The molecule has 2 nitrogen and oxygen atoms in total. The number of halogens is 3. The number of nitrogens with two attached hydrogens (primary N) is 1. The third kappa shape index (κ3) is 5.86. The molecule has 0 aliphatic rings. The van der Waals surface area contributed by atoms with Crippen LogP contribution in [-0.4, -0.2) is 6.54 Å². The Morgan fingerprint density at radius 3 is 2.33 bits per heavy atom. The van der Waals surface area contributed by atoms with Crippen molar-refractivity contribution < 1.29 is 13.2 Å². The molecule has 0 saturated heterocycles. The van der Waals surface area contributed by atoms with Crippen LogP contribution in [0.15, 0.2) is 18.2 Å². The van der Waals surface area contributed by atoms with Crippen LogP contribution in [0.1, 0.15) is 52.0 Å². The molecule has 1 aromatic carbocycles. The van der Waals surface area contributed by atoms with Crippen LogP contribution in [0.2, 0.25) is 0 Å². The summed E-state index contributed by atoms with van der Waals surface area (Å²) in [7, 11) is 0. The molecule has 0 radical (unpaired) electrons. The lowest BCUT2D eigenvalue weighted by atomic mass is 9.87. The topological polar surface area (TPSA) is 38.0 Å². The normalized spacial score (nSPS) is 12.5. The van der Waals surface area contributed by atoms with Crippen LogP contribution in [0.3, 0.4) is 0 Å². The predicted octanol–water partition coefficient (Wildman–Crippen LogP) is 5.31. The van der Waals surface area contributed by atoms with E-state index in [-0.39, 0.29) is 11.1 Å². The van der Waals surface area contributed by atoms with Gasteiger partial charge in [-0.05, 0) is 30.0 Å². The minimum absolute atomic E-state index is 0.0876. The van der Waals surface area contributed by atoms with Crippen LogP contribution in [0.5, 0.6) is 0 Å². The van der Waals surface area contributed by atoms with E-state index in [0.29, 0.717) is 12.2 Å². The van der Waals surface area contributed by atoms with E-state index in [1.54, 1.807) is 0 Å². The van der Waals surface area contributed by atoms with Crippen LogP contribution in [-0.2, 0) is 6.18 Å². The average molecular weight is 302 g/mol. The van der Waals surface area contributed by atoms with Crippen LogP contribution in [0.25, 0.3) is 0 Å². The van der Waals surface area contributed by atoms with Gasteiger partial charge < -0.3 is 11.1 Å². The second kappa shape index (κ2) is 7.05. The van der Waals surface area contributed by atoms with Gasteiger partial charge >= 0.3 is 6.18 Å². The molecule has 0 amide bonds. The van der Waals surface area contributed by atoms with Crippen molar-refractivity contribution in [1.82, 2.24) is 0 Å². The number of benzene rings is 1. The minimum atomic E-state index is -4.36. The highest BCUT2D eigenvalue weighted by molar-refractivity contribution is 5.67. The molecule has 0 aliphatic carbocycles. The molecule has 0 heterocycles. The molecule has 0 aliphatic heterocycles. The Morgan fingerprint density at radius 1 is 1.14 bits per heavy atom. The molecule has 0 saturated carbocycles. The summed E-state index contributed by atoms with van der Waals surface area (Å²) in [5.74, 6) is 0. The first kappa shape index (κ1) is 17.7. The number of unbranched alkanes of at least 4 members (excludes halogenated alkanes) is 2. The largest absolute Gasteiger partial charge is 0.416 e. The molecule has 0 spiro atoms. The van der Waals surface area contributed by atoms with Gasteiger partial charge in [-0.2, -0.15) is 13.2 Å². The predicted molar refractivity (Wildman–Crippen MR) is 82.3 cm³/mol. The fourth-order valence-corrected chi connectivity index (χ4v) is 2.18. The summed E-state index contributed by atoms with van der Waals surface area (Å²) in [5, 5.41) is 3.17. The van der Waals surface area contributed by atoms with Gasteiger partial charge in [-0.3, -0.25) is 0 Å². The van der Waals surface area contributed by atoms with Crippen molar-refractivity contribution in [3.05, 3.63) is 23.8 Å². The molecule has 0 unspecified atom stereocenters. The minimum Gasteiger partial charge on any atom is -0.397 e. The third-order valence-electron chi connectivity index (χ3n) is 3.59. The SMILES string of the molecule is CCCCCC(C)(C)CNc1ccc(C(F)(F)F)cc1N. The first-order valence-electron chi connectivity index (χ1n) is 7.36. The maximum atomic E-state index is 12.6. The average Bonchev–Trinajstić information content (AvgIpc) is 2.36. The Labute approximate surface area is 124 Å². The fraction of sp³-hybridized carbons (Fsp3) is 0.625. The zero-order valence-corrected chi connectivity index (χ0v) is 13.0. The lowest BCUT2D eigenvalue weighted by molar-refractivity contribution is -0.137. The van der Waals surface area contributed by atoms with E-state index in [1.807, 2.05) is 0 Å².